The molecular formula is C16H18N2O3. The number of carboxylic acids is 1. The third kappa shape index (κ3) is 2.51. The molecule has 1 aromatic heterocycles. The number of aryl methyl sites for hydroxylation is 1. The van der Waals surface area contributed by atoms with E-state index in [0.29, 0.717) is 24.4 Å². The van der Waals surface area contributed by atoms with Crippen molar-refractivity contribution in [3.8, 4) is 0 Å². The summed E-state index contributed by atoms with van der Waals surface area (Å²) >= 11 is 0. The van der Waals surface area contributed by atoms with Gasteiger partial charge in [-0.2, -0.15) is 0 Å². The van der Waals surface area contributed by atoms with Gasteiger partial charge in [-0.05, 0) is 43.4 Å². The second kappa shape index (κ2) is 5.24. The Morgan fingerprint density at radius 1 is 1.33 bits per heavy atom. The molecule has 0 amide bonds. The van der Waals surface area contributed by atoms with Crippen molar-refractivity contribution in [3.05, 3.63) is 46.9 Å². The maximum absolute atomic E-state index is 12.6. The maximum Gasteiger partial charge on any atom is 0.335 e. The van der Waals surface area contributed by atoms with Crippen LogP contribution < -0.4 is 5.69 Å². The van der Waals surface area contributed by atoms with E-state index in [2.05, 4.69) is 6.58 Å². The minimum absolute atomic E-state index is 0.0544. The summed E-state index contributed by atoms with van der Waals surface area (Å²) in [4.78, 5) is 23.7. The van der Waals surface area contributed by atoms with E-state index in [1.54, 1.807) is 33.4 Å². The third-order valence-electron chi connectivity index (χ3n) is 3.96. The molecule has 1 N–H and O–H groups in total. The standard InChI is InChI=1S/C16H18N2O3/c1-2-3-8-17-14-9-12(15(19)20)6-7-13(14)18(16(17)21)10-11-4-5-11/h2,6-7,9,11H,1,3-5,8,10H2,(H,19,20). The molecule has 1 fully saturated rings. The van der Waals surface area contributed by atoms with Crippen LogP contribution in [0.25, 0.3) is 11.0 Å². The number of imidazole rings is 1. The lowest BCUT2D eigenvalue weighted by molar-refractivity contribution is 0.0697. The van der Waals surface area contributed by atoms with Gasteiger partial charge in [0.15, 0.2) is 0 Å². The molecule has 110 valence electrons. The van der Waals surface area contributed by atoms with Crippen molar-refractivity contribution in [2.45, 2.75) is 32.4 Å². The third-order valence-corrected chi connectivity index (χ3v) is 3.96. The zero-order valence-electron chi connectivity index (χ0n) is 11.8. The molecule has 0 saturated heterocycles. The Kier molecular flexibility index (Phi) is 3.41. The van der Waals surface area contributed by atoms with Gasteiger partial charge in [0.25, 0.3) is 0 Å². The van der Waals surface area contributed by atoms with E-state index in [1.165, 1.54) is 12.8 Å². The summed E-state index contributed by atoms with van der Waals surface area (Å²) in [6.45, 7) is 4.93. The topological polar surface area (TPSA) is 64.2 Å². The smallest absolute Gasteiger partial charge is 0.335 e. The molecule has 1 heterocycles. The first-order chi connectivity index (χ1) is 10.1. The Balaban J connectivity index is 2.17. The Morgan fingerprint density at radius 2 is 2.10 bits per heavy atom. The number of allylic oxidation sites excluding steroid dienone is 1. The summed E-state index contributed by atoms with van der Waals surface area (Å²) in [5, 5.41) is 9.13. The molecule has 0 bridgehead atoms. The highest BCUT2D eigenvalue weighted by molar-refractivity contribution is 5.92. The highest BCUT2D eigenvalue weighted by atomic mass is 16.4. The van der Waals surface area contributed by atoms with Crippen LogP contribution in [-0.2, 0) is 13.1 Å². The highest BCUT2D eigenvalue weighted by Crippen LogP contribution is 2.31. The quantitative estimate of drug-likeness (QED) is 0.830. The Labute approximate surface area is 122 Å². The van der Waals surface area contributed by atoms with Crippen LogP contribution in [0.5, 0.6) is 0 Å². The number of rotatable bonds is 6. The lowest BCUT2D eigenvalue weighted by atomic mass is 10.2. The van der Waals surface area contributed by atoms with Gasteiger partial charge in [0.2, 0.25) is 0 Å². The molecule has 3 rings (SSSR count). The number of carbonyl (C=O) groups is 1. The SMILES string of the molecule is C=CCCn1c(=O)n(CC2CC2)c2ccc(C(=O)O)cc21. The van der Waals surface area contributed by atoms with Crippen LogP contribution in [0.3, 0.4) is 0 Å². The molecule has 5 nitrogen and oxygen atoms in total. The molecule has 0 spiro atoms. The van der Waals surface area contributed by atoms with Crippen LogP contribution in [0, 0.1) is 5.92 Å². The molecule has 21 heavy (non-hydrogen) atoms. The van der Waals surface area contributed by atoms with Gasteiger partial charge in [-0.15, -0.1) is 6.58 Å². The van der Waals surface area contributed by atoms with Crippen LogP contribution in [-0.4, -0.2) is 20.2 Å². The van der Waals surface area contributed by atoms with Crippen molar-refractivity contribution in [3.63, 3.8) is 0 Å². The van der Waals surface area contributed by atoms with Crippen LogP contribution in [0.2, 0.25) is 0 Å². The first kappa shape index (κ1) is 13.7. The molecular weight excluding hydrogens is 268 g/mol. The van der Waals surface area contributed by atoms with E-state index in [4.69, 9.17) is 5.11 Å². The van der Waals surface area contributed by atoms with Crippen LogP contribution in [0.4, 0.5) is 0 Å². The minimum Gasteiger partial charge on any atom is -0.478 e. The normalized spacial score (nSPS) is 14.5. The van der Waals surface area contributed by atoms with Crippen molar-refractivity contribution < 1.29 is 9.90 Å². The summed E-state index contributed by atoms with van der Waals surface area (Å²) in [5.41, 5.74) is 1.67. The Bertz CT molecular complexity index is 766. The van der Waals surface area contributed by atoms with Crippen molar-refractivity contribution >= 4 is 17.0 Å². The molecule has 1 aromatic carbocycles. The maximum atomic E-state index is 12.6. The summed E-state index contributed by atoms with van der Waals surface area (Å²) in [5.74, 6) is -0.394. The minimum atomic E-state index is -0.977. The summed E-state index contributed by atoms with van der Waals surface area (Å²) < 4.78 is 3.44. The van der Waals surface area contributed by atoms with E-state index >= 15 is 0 Å². The number of benzene rings is 1. The predicted octanol–water partition coefficient (Wildman–Crippen LogP) is 2.49. The monoisotopic (exact) mass is 286 g/mol. The lowest BCUT2D eigenvalue weighted by Crippen LogP contribution is -2.25. The van der Waals surface area contributed by atoms with Crippen molar-refractivity contribution in [1.29, 1.82) is 0 Å². The number of fused-ring (bicyclic) bond motifs is 1. The van der Waals surface area contributed by atoms with Gasteiger partial charge in [0.1, 0.15) is 0 Å². The number of carboxylic acid groups (broad SMARTS) is 1. The second-order valence-corrected chi connectivity index (χ2v) is 5.57. The van der Waals surface area contributed by atoms with Crippen LogP contribution in [0.1, 0.15) is 29.6 Å². The number of aromatic carboxylic acids is 1. The molecule has 1 aliphatic rings. The van der Waals surface area contributed by atoms with E-state index in [1.807, 2.05) is 0 Å². The highest BCUT2D eigenvalue weighted by Gasteiger charge is 2.25. The molecule has 1 aliphatic carbocycles. The van der Waals surface area contributed by atoms with Gasteiger partial charge in [-0.1, -0.05) is 6.08 Å². The van der Waals surface area contributed by atoms with E-state index in [9.17, 15) is 9.59 Å². The van der Waals surface area contributed by atoms with Gasteiger partial charge in [0.05, 0.1) is 16.6 Å². The molecule has 2 aromatic rings. The number of hydrogen-bond donors (Lipinski definition) is 1. The molecule has 5 heteroatoms. The second-order valence-electron chi connectivity index (χ2n) is 5.57. The van der Waals surface area contributed by atoms with Gasteiger partial charge < -0.3 is 5.11 Å². The van der Waals surface area contributed by atoms with Crippen LogP contribution >= 0.6 is 0 Å². The summed E-state index contributed by atoms with van der Waals surface area (Å²) in [6.07, 6.45) is 4.77. The average Bonchev–Trinajstić information content (AvgIpc) is 3.24. The lowest BCUT2D eigenvalue weighted by Gasteiger charge is -2.01. The average molecular weight is 286 g/mol. The van der Waals surface area contributed by atoms with Gasteiger partial charge in [0, 0.05) is 13.1 Å². The van der Waals surface area contributed by atoms with Gasteiger partial charge in [-0.3, -0.25) is 9.13 Å². The van der Waals surface area contributed by atoms with E-state index < -0.39 is 5.97 Å². The molecule has 0 radical (unpaired) electrons. The van der Waals surface area contributed by atoms with Crippen LogP contribution in [0.15, 0.2) is 35.6 Å². The zero-order valence-corrected chi connectivity index (χ0v) is 11.8. The fourth-order valence-electron chi connectivity index (χ4n) is 2.62. The summed E-state index contributed by atoms with van der Waals surface area (Å²) in [7, 11) is 0. The predicted molar refractivity (Wildman–Crippen MR) is 80.7 cm³/mol. The van der Waals surface area contributed by atoms with E-state index in [-0.39, 0.29) is 11.3 Å². The number of hydrogen-bond acceptors (Lipinski definition) is 2. The van der Waals surface area contributed by atoms with E-state index in [0.717, 1.165) is 12.1 Å². The first-order valence-electron chi connectivity index (χ1n) is 7.19. The Morgan fingerprint density at radius 3 is 2.71 bits per heavy atom. The van der Waals surface area contributed by atoms with Crippen molar-refractivity contribution in [2.75, 3.05) is 0 Å². The van der Waals surface area contributed by atoms with Gasteiger partial charge in [-0.25, -0.2) is 9.59 Å². The molecule has 1 saturated carbocycles. The zero-order chi connectivity index (χ0) is 15.0. The fraction of sp³-hybridized carbons (Fsp3) is 0.375. The van der Waals surface area contributed by atoms with Crippen molar-refractivity contribution in [2.24, 2.45) is 5.92 Å². The molecule has 0 unspecified atom stereocenters. The summed E-state index contributed by atoms with van der Waals surface area (Å²) in [6, 6.07) is 4.89. The number of nitrogens with zero attached hydrogens (tertiary/aromatic N) is 2. The first-order valence-corrected chi connectivity index (χ1v) is 7.19. The fourth-order valence-corrected chi connectivity index (χ4v) is 2.62. The number of aromatic nitrogens is 2. The molecule has 0 aliphatic heterocycles. The molecule has 0 atom stereocenters. The van der Waals surface area contributed by atoms with Crippen molar-refractivity contribution in [1.82, 2.24) is 9.13 Å². The van der Waals surface area contributed by atoms with Gasteiger partial charge >= 0.3 is 11.7 Å². The largest absolute Gasteiger partial charge is 0.478 e. The Hall–Kier alpha value is -2.30.